The predicted octanol–water partition coefficient (Wildman–Crippen LogP) is 4.92. The van der Waals surface area contributed by atoms with Crippen molar-refractivity contribution in [1.29, 1.82) is 0 Å². The van der Waals surface area contributed by atoms with Crippen LogP contribution in [0.2, 0.25) is 0 Å². The number of amides is 1. The number of fused-ring (bicyclic) bond motifs is 1. The molecule has 1 N–H and O–H groups in total. The van der Waals surface area contributed by atoms with Crippen molar-refractivity contribution < 1.29 is 4.79 Å². The van der Waals surface area contributed by atoms with Crippen LogP contribution in [0.3, 0.4) is 0 Å². The molecule has 1 aromatic heterocycles. The molecule has 1 heterocycles. The molecule has 0 radical (unpaired) electrons. The highest BCUT2D eigenvalue weighted by molar-refractivity contribution is 7.00. The minimum Gasteiger partial charge on any atom is -0.320 e. The van der Waals surface area contributed by atoms with Crippen LogP contribution < -0.4 is 5.32 Å². The lowest BCUT2D eigenvalue weighted by atomic mass is 10.0. The molecule has 0 saturated heterocycles. The molecular weight excluding hydrogens is 330 g/mol. The summed E-state index contributed by atoms with van der Waals surface area (Å²) in [6, 6.07) is 21.5. The number of rotatable bonds is 3. The van der Waals surface area contributed by atoms with Crippen molar-refractivity contribution in [3.8, 4) is 11.1 Å². The van der Waals surface area contributed by atoms with Gasteiger partial charge in [-0.1, -0.05) is 48.5 Å². The molecule has 3 aromatic carbocycles. The van der Waals surface area contributed by atoms with Crippen LogP contribution in [0.25, 0.3) is 22.2 Å². The molecule has 0 aliphatic carbocycles. The molecule has 4 nitrogen and oxygen atoms in total. The van der Waals surface area contributed by atoms with E-state index in [4.69, 9.17) is 0 Å². The van der Waals surface area contributed by atoms with Gasteiger partial charge in [0, 0.05) is 5.56 Å². The molecule has 0 unspecified atom stereocenters. The third-order valence-electron chi connectivity index (χ3n) is 4.13. The van der Waals surface area contributed by atoms with E-state index in [2.05, 4.69) is 14.1 Å². The van der Waals surface area contributed by atoms with Crippen molar-refractivity contribution in [2.24, 2.45) is 0 Å². The Kier molecular flexibility index (Phi) is 3.99. The van der Waals surface area contributed by atoms with Gasteiger partial charge in [0.05, 0.1) is 17.4 Å². The number of aromatic nitrogens is 2. The third-order valence-corrected chi connectivity index (χ3v) is 4.67. The van der Waals surface area contributed by atoms with Gasteiger partial charge in [0.25, 0.3) is 5.91 Å². The zero-order chi connectivity index (χ0) is 17.2. The monoisotopic (exact) mass is 345 g/mol. The molecule has 0 saturated carbocycles. The van der Waals surface area contributed by atoms with Crippen LogP contribution in [0.1, 0.15) is 15.9 Å². The Morgan fingerprint density at radius 3 is 2.36 bits per heavy atom. The van der Waals surface area contributed by atoms with Crippen LogP contribution in [0.5, 0.6) is 0 Å². The average molecular weight is 345 g/mol. The Labute approximate surface area is 149 Å². The lowest BCUT2D eigenvalue weighted by Crippen LogP contribution is -2.13. The summed E-state index contributed by atoms with van der Waals surface area (Å²) in [6.45, 7) is 1.95. The highest BCUT2D eigenvalue weighted by Crippen LogP contribution is 2.26. The van der Waals surface area contributed by atoms with Gasteiger partial charge in [0.15, 0.2) is 0 Å². The number of nitrogens with zero attached hydrogens (tertiary/aromatic N) is 2. The molecule has 0 aliphatic rings. The first-order valence-corrected chi connectivity index (χ1v) is 8.64. The number of carbonyl (C=O) groups excluding carboxylic acids is 1. The maximum Gasteiger partial charge on any atom is 0.255 e. The van der Waals surface area contributed by atoms with Crippen molar-refractivity contribution in [2.75, 3.05) is 5.32 Å². The summed E-state index contributed by atoms with van der Waals surface area (Å²) in [5, 5.41) is 2.98. The van der Waals surface area contributed by atoms with Crippen LogP contribution in [0.4, 0.5) is 5.69 Å². The highest BCUT2D eigenvalue weighted by Gasteiger charge is 2.13. The van der Waals surface area contributed by atoms with Crippen LogP contribution in [-0.2, 0) is 0 Å². The minimum absolute atomic E-state index is 0.150. The lowest BCUT2D eigenvalue weighted by molar-refractivity contribution is 0.102. The lowest BCUT2D eigenvalue weighted by Gasteiger charge is -2.09. The molecule has 25 heavy (non-hydrogen) atoms. The molecule has 0 bridgehead atoms. The molecular formula is C20H15N3OS. The van der Waals surface area contributed by atoms with E-state index in [9.17, 15) is 4.79 Å². The normalized spacial score (nSPS) is 10.8. The summed E-state index contributed by atoms with van der Waals surface area (Å²) >= 11 is 1.15. The van der Waals surface area contributed by atoms with Crippen molar-refractivity contribution >= 4 is 34.4 Å². The fourth-order valence-electron chi connectivity index (χ4n) is 2.74. The molecule has 5 heteroatoms. The summed E-state index contributed by atoms with van der Waals surface area (Å²) in [6.07, 6.45) is 0. The maximum atomic E-state index is 12.6. The second-order valence-electron chi connectivity index (χ2n) is 5.79. The second kappa shape index (κ2) is 6.45. The average Bonchev–Trinajstić information content (AvgIpc) is 3.14. The number of carbonyl (C=O) groups is 1. The molecule has 4 rings (SSSR count). The van der Waals surface area contributed by atoms with Gasteiger partial charge >= 0.3 is 0 Å². The molecule has 0 fully saturated rings. The van der Waals surface area contributed by atoms with Gasteiger partial charge in [-0.25, -0.2) is 0 Å². The van der Waals surface area contributed by atoms with E-state index in [0.717, 1.165) is 45.1 Å². The largest absolute Gasteiger partial charge is 0.320 e. The number of benzene rings is 3. The van der Waals surface area contributed by atoms with Gasteiger partial charge < -0.3 is 5.32 Å². The number of anilines is 1. The summed E-state index contributed by atoms with van der Waals surface area (Å²) < 4.78 is 8.52. The van der Waals surface area contributed by atoms with Crippen molar-refractivity contribution in [3.05, 3.63) is 77.9 Å². The smallest absolute Gasteiger partial charge is 0.255 e. The number of nitrogens with one attached hydrogen (secondary N) is 1. The summed E-state index contributed by atoms with van der Waals surface area (Å²) in [5.74, 6) is -0.150. The highest BCUT2D eigenvalue weighted by atomic mass is 32.1. The third kappa shape index (κ3) is 3.02. The number of hydrogen-bond donors (Lipinski definition) is 1. The van der Waals surface area contributed by atoms with E-state index >= 15 is 0 Å². The van der Waals surface area contributed by atoms with E-state index in [1.165, 1.54) is 0 Å². The standard InChI is InChI=1S/C20H15N3OS/c1-13-7-12-17-19(23-25-22-17)18(13)21-20(24)16-10-8-15(9-11-16)14-5-3-2-4-6-14/h2-12H,1H3,(H,21,24). The van der Waals surface area contributed by atoms with Crippen LogP contribution in [-0.4, -0.2) is 14.7 Å². The van der Waals surface area contributed by atoms with Crippen LogP contribution >= 0.6 is 11.7 Å². The van der Waals surface area contributed by atoms with Gasteiger partial charge in [-0.2, -0.15) is 8.75 Å². The molecule has 0 spiro atoms. The van der Waals surface area contributed by atoms with Gasteiger partial charge in [0.2, 0.25) is 0 Å². The fourth-order valence-corrected chi connectivity index (χ4v) is 3.28. The Hall–Kier alpha value is -3.05. The fraction of sp³-hybridized carbons (Fsp3) is 0.0500. The van der Waals surface area contributed by atoms with Crippen LogP contribution in [0, 0.1) is 6.92 Å². The van der Waals surface area contributed by atoms with Crippen molar-refractivity contribution in [3.63, 3.8) is 0 Å². The quantitative estimate of drug-likeness (QED) is 0.573. The summed E-state index contributed by atoms with van der Waals surface area (Å²) in [5.41, 5.74) is 6.05. The molecule has 0 atom stereocenters. The summed E-state index contributed by atoms with van der Waals surface area (Å²) in [7, 11) is 0. The minimum atomic E-state index is -0.150. The molecule has 0 aliphatic heterocycles. The van der Waals surface area contributed by atoms with E-state index in [1.807, 2.05) is 73.7 Å². The first kappa shape index (κ1) is 15.5. The second-order valence-corrected chi connectivity index (χ2v) is 6.32. The first-order valence-electron chi connectivity index (χ1n) is 7.91. The SMILES string of the molecule is Cc1ccc2nsnc2c1NC(=O)c1ccc(-c2ccccc2)cc1. The van der Waals surface area contributed by atoms with E-state index < -0.39 is 0 Å². The molecule has 4 aromatic rings. The van der Waals surface area contributed by atoms with E-state index in [1.54, 1.807) is 0 Å². The van der Waals surface area contributed by atoms with Gasteiger partial charge in [0.1, 0.15) is 11.0 Å². The Bertz CT molecular complexity index is 1040. The Morgan fingerprint density at radius 1 is 0.880 bits per heavy atom. The van der Waals surface area contributed by atoms with Crippen molar-refractivity contribution in [2.45, 2.75) is 6.92 Å². The Balaban J connectivity index is 1.61. The number of hydrogen-bond acceptors (Lipinski definition) is 4. The molecule has 122 valence electrons. The van der Waals surface area contributed by atoms with Gasteiger partial charge in [-0.05, 0) is 41.8 Å². The first-order chi connectivity index (χ1) is 12.2. The van der Waals surface area contributed by atoms with E-state index in [0.29, 0.717) is 5.56 Å². The summed E-state index contributed by atoms with van der Waals surface area (Å²) in [4.78, 5) is 12.6. The molecule has 1 amide bonds. The van der Waals surface area contributed by atoms with Gasteiger partial charge in [-0.15, -0.1) is 0 Å². The predicted molar refractivity (Wildman–Crippen MR) is 102 cm³/mol. The maximum absolute atomic E-state index is 12.6. The zero-order valence-corrected chi connectivity index (χ0v) is 14.4. The van der Waals surface area contributed by atoms with Gasteiger partial charge in [-0.3, -0.25) is 4.79 Å². The Morgan fingerprint density at radius 2 is 1.60 bits per heavy atom. The van der Waals surface area contributed by atoms with Crippen molar-refractivity contribution in [1.82, 2.24) is 8.75 Å². The zero-order valence-electron chi connectivity index (χ0n) is 13.6. The topological polar surface area (TPSA) is 54.9 Å². The van der Waals surface area contributed by atoms with Crippen LogP contribution in [0.15, 0.2) is 66.7 Å². The van der Waals surface area contributed by atoms with E-state index in [-0.39, 0.29) is 5.91 Å². The number of aryl methyl sites for hydroxylation is 1.